The Morgan fingerprint density at radius 3 is 2.69 bits per heavy atom. The highest BCUT2D eigenvalue weighted by molar-refractivity contribution is 5.01. The largest absolute Gasteiger partial charge is 0.303 e. The molecule has 90 valence electrons. The molecule has 2 fully saturated rings. The van der Waals surface area contributed by atoms with Crippen molar-refractivity contribution in [3.63, 3.8) is 0 Å². The van der Waals surface area contributed by atoms with Crippen molar-refractivity contribution in [2.24, 2.45) is 11.3 Å². The van der Waals surface area contributed by atoms with Crippen molar-refractivity contribution in [3.05, 3.63) is 0 Å². The van der Waals surface area contributed by atoms with Crippen LogP contribution < -0.4 is 0 Å². The molecule has 2 atom stereocenters. The molecule has 0 saturated heterocycles. The van der Waals surface area contributed by atoms with Crippen molar-refractivity contribution in [3.8, 4) is 6.07 Å². The maximum Gasteiger partial charge on any atom is 0.0628 e. The molecule has 0 aromatic rings. The molecule has 0 aromatic heterocycles. The van der Waals surface area contributed by atoms with Crippen LogP contribution in [-0.2, 0) is 0 Å². The van der Waals surface area contributed by atoms with E-state index in [-0.39, 0.29) is 0 Å². The summed E-state index contributed by atoms with van der Waals surface area (Å²) in [6.07, 6.45) is 8.83. The number of rotatable bonds is 4. The standard InChI is InChI=1S/C14H24N2/c1-12-4-3-5-13(10-12)16(2)11-14(6-7-14)8-9-15/h12-13H,3-8,10-11H2,1-2H3. The van der Waals surface area contributed by atoms with Gasteiger partial charge >= 0.3 is 0 Å². The average Bonchev–Trinajstić information content (AvgIpc) is 2.98. The molecule has 0 N–H and O–H groups in total. The maximum atomic E-state index is 8.84. The van der Waals surface area contributed by atoms with Crippen LogP contribution in [0.25, 0.3) is 0 Å². The van der Waals surface area contributed by atoms with E-state index in [9.17, 15) is 0 Å². The lowest BCUT2D eigenvalue weighted by atomic mass is 9.86. The normalized spacial score (nSPS) is 32.4. The van der Waals surface area contributed by atoms with E-state index in [2.05, 4.69) is 24.9 Å². The molecule has 2 heteroatoms. The summed E-state index contributed by atoms with van der Waals surface area (Å²) in [5.41, 5.74) is 0.379. The molecule has 0 aromatic carbocycles. The first kappa shape index (κ1) is 11.9. The fraction of sp³-hybridized carbons (Fsp3) is 0.929. The third-order valence-corrected chi connectivity index (χ3v) is 4.53. The Labute approximate surface area is 99.6 Å². The third-order valence-electron chi connectivity index (χ3n) is 4.53. The van der Waals surface area contributed by atoms with E-state index in [0.29, 0.717) is 5.41 Å². The smallest absolute Gasteiger partial charge is 0.0628 e. The zero-order chi connectivity index (χ0) is 11.6. The van der Waals surface area contributed by atoms with Gasteiger partial charge in [-0.25, -0.2) is 0 Å². The molecular weight excluding hydrogens is 196 g/mol. The van der Waals surface area contributed by atoms with Crippen LogP contribution in [0.3, 0.4) is 0 Å². The molecule has 2 saturated carbocycles. The lowest BCUT2D eigenvalue weighted by molar-refractivity contribution is 0.138. The highest BCUT2D eigenvalue weighted by atomic mass is 15.1. The summed E-state index contributed by atoms with van der Waals surface area (Å²) >= 11 is 0. The van der Waals surface area contributed by atoms with Crippen LogP contribution in [0.4, 0.5) is 0 Å². The molecule has 0 spiro atoms. The first-order chi connectivity index (χ1) is 7.65. The minimum Gasteiger partial charge on any atom is -0.303 e. The maximum absolute atomic E-state index is 8.84. The Kier molecular flexibility index (Phi) is 3.54. The molecule has 0 amide bonds. The molecule has 2 aliphatic rings. The second kappa shape index (κ2) is 4.75. The van der Waals surface area contributed by atoms with Crippen LogP contribution in [-0.4, -0.2) is 24.5 Å². The zero-order valence-corrected chi connectivity index (χ0v) is 10.7. The zero-order valence-electron chi connectivity index (χ0n) is 10.7. The Morgan fingerprint density at radius 1 is 1.38 bits per heavy atom. The van der Waals surface area contributed by atoms with Gasteiger partial charge in [0.05, 0.1) is 6.07 Å². The van der Waals surface area contributed by atoms with Crippen molar-refractivity contribution >= 4 is 0 Å². The first-order valence-electron chi connectivity index (χ1n) is 6.72. The van der Waals surface area contributed by atoms with E-state index >= 15 is 0 Å². The van der Waals surface area contributed by atoms with Gasteiger partial charge in [-0.1, -0.05) is 19.8 Å². The lowest BCUT2D eigenvalue weighted by Crippen LogP contribution is -2.39. The monoisotopic (exact) mass is 220 g/mol. The Hall–Kier alpha value is -0.550. The highest BCUT2D eigenvalue weighted by Crippen LogP contribution is 2.49. The minimum atomic E-state index is 0.379. The molecule has 2 unspecified atom stereocenters. The van der Waals surface area contributed by atoms with Crippen LogP contribution in [0.2, 0.25) is 0 Å². The van der Waals surface area contributed by atoms with E-state index in [1.54, 1.807) is 0 Å². The summed E-state index contributed by atoms with van der Waals surface area (Å²) in [5.74, 6) is 0.896. The quantitative estimate of drug-likeness (QED) is 0.727. The first-order valence-corrected chi connectivity index (χ1v) is 6.72. The molecular formula is C14H24N2. The molecule has 0 radical (unpaired) electrons. The fourth-order valence-corrected chi connectivity index (χ4v) is 3.20. The van der Waals surface area contributed by atoms with Crippen LogP contribution in [0.15, 0.2) is 0 Å². The topological polar surface area (TPSA) is 27.0 Å². The van der Waals surface area contributed by atoms with Gasteiger partial charge in [-0.2, -0.15) is 5.26 Å². The second-order valence-corrected chi connectivity index (χ2v) is 6.18. The number of nitrogens with zero attached hydrogens (tertiary/aromatic N) is 2. The average molecular weight is 220 g/mol. The molecule has 2 rings (SSSR count). The summed E-state index contributed by atoms with van der Waals surface area (Å²) in [6, 6.07) is 3.14. The van der Waals surface area contributed by atoms with E-state index in [0.717, 1.165) is 24.9 Å². The van der Waals surface area contributed by atoms with Crippen molar-refractivity contribution in [2.75, 3.05) is 13.6 Å². The van der Waals surface area contributed by atoms with Gasteiger partial charge in [-0.15, -0.1) is 0 Å². The predicted molar refractivity (Wildman–Crippen MR) is 65.9 cm³/mol. The second-order valence-electron chi connectivity index (χ2n) is 6.18. The summed E-state index contributed by atoms with van der Waals surface area (Å²) in [7, 11) is 2.26. The number of hydrogen-bond acceptors (Lipinski definition) is 2. The summed E-state index contributed by atoms with van der Waals surface area (Å²) in [4.78, 5) is 2.54. The van der Waals surface area contributed by atoms with Crippen molar-refractivity contribution < 1.29 is 0 Å². The Morgan fingerprint density at radius 2 is 2.12 bits per heavy atom. The lowest BCUT2D eigenvalue weighted by Gasteiger charge is -2.35. The van der Waals surface area contributed by atoms with Gasteiger partial charge in [0.1, 0.15) is 0 Å². The van der Waals surface area contributed by atoms with Crippen molar-refractivity contribution in [2.45, 2.75) is 57.9 Å². The van der Waals surface area contributed by atoms with E-state index < -0.39 is 0 Å². The van der Waals surface area contributed by atoms with Gasteiger partial charge in [0.25, 0.3) is 0 Å². The molecule has 2 nitrogen and oxygen atoms in total. The molecule has 16 heavy (non-hydrogen) atoms. The summed E-state index contributed by atoms with van der Waals surface area (Å²) in [5, 5.41) is 8.84. The van der Waals surface area contributed by atoms with Crippen molar-refractivity contribution in [1.82, 2.24) is 4.90 Å². The molecule has 0 heterocycles. The van der Waals surface area contributed by atoms with Gasteiger partial charge in [-0.3, -0.25) is 0 Å². The Bertz CT molecular complexity index is 275. The van der Waals surface area contributed by atoms with Gasteiger partial charge in [0, 0.05) is 19.0 Å². The fourth-order valence-electron chi connectivity index (χ4n) is 3.20. The van der Waals surface area contributed by atoms with E-state index in [1.165, 1.54) is 38.5 Å². The van der Waals surface area contributed by atoms with E-state index in [1.807, 2.05) is 0 Å². The molecule has 0 aliphatic heterocycles. The highest BCUT2D eigenvalue weighted by Gasteiger charge is 2.44. The molecule has 0 bridgehead atoms. The summed E-state index contributed by atoms with van der Waals surface area (Å²) < 4.78 is 0. The van der Waals surface area contributed by atoms with E-state index in [4.69, 9.17) is 5.26 Å². The number of nitriles is 1. The van der Waals surface area contributed by atoms with Crippen LogP contribution in [0.5, 0.6) is 0 Å². The number of hydrogen-bond donors (Lipinski definition) is 0. The van der Waals surface area contributed by atoms with Crippen molar-refractivity contribution in [1.29, 1.82) is 5.26 Å². The van der Waals surface area contributed by atoms with Crippen LogP contribution in [0.1, 0.15) is 51.9 Å². The predicted octanol–water partition coefficient (Wildman–Crippen LogP) is 3.19. The minimum absolute atomic E-state index is 0.379. The van der Waals surface area contributed by atoms with Gasteiger partial charge in [-0.05, 0) is 44.1 Å². The van der Waals surface area contributed by atoms with Crippen LogP contribution >= 0.6 is 0 Å². The SMILES string of the molecule is CC1CCCC(N(C)CC2(CC#N)CC2)C1. The van der Waals surface area contributed by atoms with Gasteiger partial charge in [0.2, 0.25) is 0 Å². The van der Waals surface area contributed by atoms with Gasteiger partial charge in [0.15, 0.2) is 0 Å². The van der Waals surface area contributed by atoms with Gasteiger partial charge < -0.3 is 4.90 Å². The third kappa shape index (κ3) is 2.77. The summed E-state index contributed by atoms with van der Waals surface area (Å²) in [6.45, 7) is 3.53. The Balaban J connectivity index is 1.83. The van der Waals surface area contributed by atoms with Crippen LogP contribution in [0, 0.1) is 22.7 Å². The molecule has 2 aliphatic carbocycles.